The van der Waals surface area contributed by atoms with Crippen molar-refractivity contribution in [3.63, 3.8) is 0 Å². The molecule has 4 heteroatoms. The van der Waals surface area contributed by atoms with Crippen LogP contribution in [0.2, 0.25) is 0 Å². The second-order valence-corrected chi connectivity index (χ2v) is 4.68. The minimum absolute atomic E-state index is 0.0254. The molecule has 0 heterocycles. The van der Waals surface area contributed by atoms with Gasteiger partial charge in [-0.1, -0.05) is 19.1 Å². The largest absolute Gasteiger partial charge is 0.493 e. The molecule has 0 unspecified atom stereocenters. The predicted molar refractivity (Wildman–Crippen MR) is 77.4 cm³/mol. The number of hydrogen-bond acceptors (Lipinski definition) is 3. The monoisotopic (exact) mass is 264 g/mol. The summed E-state index contributed by atoms with van der Waals surface area (Å²) in [6.45, 7) is 8.08. The minimum atomic E-state index is 0.0254. The van der Waals surface area contributed by atoms with Gasteiger partial charge in [0.1, 0.15) is 5.75 Å². The first kappa shape index (κ1) is 15.5. The maximum absolute atomic E-state index is 11.6. The molecule has 4 nitrogen and oxygen atoms in total. The van der Waals surface area contributed by atoms with Gasteiger partial charge in [-0.3, -0.25) is 4.79 Å². The second kappa shape index (κ2) is 8.53. The summed E-state index contributed by atoms with van der Waals surface area (Å²) in [5.41, 5.74) is 1.15. The van der Waals surface area contributed by atoms with Crippen LogP contribution in [-0.4, -0.2) is 31.6 Å². The lowest BCUT2D eigenvalue weighted by atomic mass is 10.2. The van der Waals surface area contributed by atoms with E-state index in [1.54, 1.807) is 0 Å². The molecule has 0 radical (unpaired) electrons. The van der Waals surface area contributed by atoms with Crippen LogP contribution in [0.3, 0.4) is 0 Å². The lowest BCUT2D eigenvalue weighted by molar-refractivity contribution is -0.121. The molecule has 0 bridgehead atoms. The molecule has 0 aliphatic heterocycles. The number of carbonyl (C=O) groups excluding carboxylic acids is 1. The smallest absolute Gasteiger partial charge is 0.223 e. The summed E-state index contributed by atoms with van der Waals surface area (Å²) in [6.07, 6.45) is 0.382. The van der Waals surface area contributed by atoms with Crippen LogP contribution in [0.15, 0.2) is 24.3 Å². The molecular formula is C15H24N2O2. The van der Waals surface area contributed by atoms with Crippen LogP contribution in [-0.2, 0) is 4.79 Å². The zero-order valence-corrected chi connectivity index (χ0v) is 12.0. The molecule has 19 heavy (non-hydrogen) atoms. The van der Waals surface area contributed by atoms with E-state index in [9.17, 15) is 4.79 Å². The topological polar surface area (TPSA) is 50.4 Å². The third-order valence-electron chi connectivity index (χ3n) is 2.75. The first-order valence-electron chi connectivity index (χ1n) is 6.81. The third-order valence-corrected chi connectivity index (χ3v) is 2.75. The van der Waals surface area contributed by atoms with Gasteiger partial charge in [-0.2, -0.15) is 0 Å². The first-order chi connectivity index (χ1) is 9.11. The Labute approximate surface area is 115 Å². The molecule has 0 fully saturated rings. The van der Waals surface area contributed by atoms with Gasteiger partial charge in [0.2, 0.25) is 5.91 Å². The molecule has 0 saturated carbocycles. The number of hydrogen-bond donors (Lipinski definition) is 2. The summed E-state index contributed by atoms with van der Waals surface area (Å²) >= 11 is 0. The number of ether oxygens (including phenoxy) is 1. The van der Waals surface area contributed by atoms with Crippen LogP contribution in [0.1, 0.15) is 25.8 Å². The number of likely N-dealkylation sites (N-methyl/N-ethyl adjacent to an activating group) is 1. The Morgan fingerprint density at radius 2 is 2.21 bits per heavy atom. The van der Waals surface area contributed by atoms with E-state index in [0.717, 1.165) is 17.9 Å². The number of benzene rings is 1. The molecular weight excluding hydrogens is 240 g/mol. The molecule has 2 N–H and O–H groups in total. The summed E-state index contributed by atoms with van der Waals surface area (Å²) < 4.78 is 5.54. The Morgan fingerprint density at radius 3 is 2.89 bits per heavy atom. The fourth-order valence-corrected chi connectivity index (χ4v) is 1.74. The van der Waals surface area contributed by atoms with Gasteiger partial charge in [-0.25, -0.2) is 0 Å². The SMILES string of the molecule is CCN[C@H](C)CNC(=O)CCOc1cccc(C)c1. The van der Waals surface area contributed by atoms with Gasteiger partial charge in [0.25, 0.3) is 0 Å². The quantitative estimate of drug-likeness (QED) is 0.753. The number of amides is 1. The van der Waals surface area contributed by atoms with E-state index in [-0.39, 0.29) is 5.91 Å². The number of nitrogens with one attached hydrogen (secondary N) is 2. The van der Waals surface area contributed by atoms with Gasteiger partial charge < -0.3 is 15.4 Å². The summed E-state index contributed by atoms with van der Waals surface area (Å²) in [7, 11) is 0. The van der Waals surface area contributed by atoms with Gasteiger partial charge in [-0.15, -0.1) is 0 Å². The third kappa shape index (κ3) is 6.82. The van der Waals surface area contributed by atoms with Gasteiger partial charge in [0.05, 0.1) is 13.0 Å². The number of carbonyl (C=O) groups is 1. The van der Waals surface area contributed by atoms with E-state index >= 15 is 0 Å². The maximum atomic E-state index is 11.6. The number of aryl methyl sites for hydroxylation is 1. The normalized spacial score (nSPS) is 11.9. The van der Waals surface area contributed by atoms with E-state index in [1.165, 1.54) is 0 Å². The Kier molecular flexibility index (Phi) is 6.97. The fraction of sp³-hybridized carbons (Fsp3) is 0.533. The Balaban J connectivity index is 2.17. The van der Waals surface area contributed by atoms with Crippen LogP contribution < -0.4 is 15.4 Å². The lowest BCUT2D eigenvalue weighted by Gasteiger charge is -2.13. The van der Waals surface area contributed by atoms with Crippen molar-refractivity contribution < 1.29 is 9.53 Å². The van der Waals surface area contributed by atoms with Crippen molar-refractivity contribution in [1.82, 2.24) is 10.6 Å². The molecule has 1 rings (SSSR count). The molecule has 1 aromatic carbocycles. The first-order valence-corrected chi connectivity index (χ1v) is 6.81. The van der Waals surface area contributed by atoms with E-state index in [4.69, 9.17) is 4.74 Å². The van der Waals surface area contributed by atoms with E-state index < -0.39 is 0 Å². The van der Waals surface area contributed by atoms with Gasteiger partial charge >= 0.3 is 0 Å². The van der Waals surface area contributed by atoms with Crippen molar-refractivity contribution >= 4 is 5.91 Å². The number of rotatable bonds is 8. The van der Waals surface area contributed by atoms with Crippen molar-refractivity contribution in [2.45, 2.75) is 33.2 Å². The van der Waals surface area contributed by atoms with Crippen molar-refractivity contribution in [1.29, 1.82) is 0 Å². The molecule has 1 aromatic rings. The van der Waals surface area contributed by atoms with Gasteiger partial charge in [-0.05, 0) is 38.1 Å². The van der Waals surface area contributed by atoms with Crippen molar-refractivity contribution in [2.24, 2.45) is 0 Å². The molecule has 0 aromatic heterocycles. The highest BCUT2D eigenvalue weighted by Crippen LogP contribution is 2.12. The Morgan fingerprint density at radius 1 is 1.42 bits per heavy atom. The highest BCUT2D eigenvalue weighted by molar-refractivity contribution is 5.76. The van der Waals surface area contributed by atoms with Crippen LogP contribution >= 0.6 is 0 Å². The Bertz CT molecular complexity index is 393. The van der Waals surface area contributed by atoms with Crippen molar-refractivity contribution in [2.75, 3.05) is 19.7 Å². The summed E-state index contributed by atoms with van der Waals surface area (Å²) in [4.78, 5) is 11.6. The zero-order chi connectivity index (χ0) is 14.1. The van der Waals surface area contributed by atoms with Crippen LogP contribution in [0.25, 0.3) is 0 Å². The second-order valence-electron chi connectivity index (χ2n) is 4.68. The molecule has 106 valence electrons. The van der Waals surface area contributed by atoms with E-state index in [1.807, 2.05) is 45.0 Å². The van der Waals surface area contributed by atoms with Crippen LogP contribution in [0, 0.1) is 6.92 Å². The van der Waals surface area contributed by atoms with E-state index in [2.05, 4.69) is 10.6 Å². The molecule has 0 spiro atoms. The summed E-state index contributed by atoms with van der Waals surface area (Å²) in [5.74, 6) is 0.839. The fourth-order valence-electron chi connectivity index (χ4n) is 1.74. The maximum Gasteiger partial charge on any atom is 0.223 e. The highest BCUT2D eigenvalue weighted by Gasteiger charge is 2.04. The summed E-state index contributed by atoms with van der Waals surface area (Å²) in [6, 6.07) is 8.13. The molecule has 1 amide bonds. The molecule has 0 aliphatic rings. The predicted octanol–water partition coefficient (Wildman–Crippen LogP) is 1.88. The standard InChI is InChI=1S/C15H24N2O2/c1-4-16-13(3)11-17-15(18)8-9-19-14-7-5-6-12(2)10-14/h5-7,10,13,16H,4,8-9,11H2,1-3H3,(H,17,18)/t13-/m1/s1. The average molecular weight is 264 g/mol. The Hall–Kier alpha value is -1.55. The lowest BCUT2D eigenvalue weighted by Crippen LogP contribution is -2.39. The highest BCUT2D eigenvalue weighted by atomic mass is 16.5. The van der Waals surface area contributed by atoms with Crippen LogP contribution in [0.4, 0.5) is 0 Å². The van der Waals surface area contributed by atoms with Crippen molar-refractivity contribution in [3.8, 4) is 5.75 Å². The summed E-state index contributed by atoms with van der Waals surface area (Å²) in [5, 5.41) is 6.13. The average Bonchev–Trinajstić information content (AvgIpc) is 2.37. The van der Waals surface area contributed by atoms with E-state index in [0.29, 0.717) is 25.6 Å². The van der Waals surface area contributed by atoms with Gasteiger partial charge in [0.15, 0.2) is 0 Å². The zero-order valence-electron chi connectivity index (χ0n) is 12.0. The van der Waals surface area contributed by atoms with Crippen molar-refractivity contribution in [3.05, 3.63) is 29.8 Å². The van der Waals surface area contributed by atoms with Crippen LogP contribution in [0.5, 0.6) is 5.75 Å². The molecule has 0 saturated heterocycles. The molecule has 0 aliphatic carbocycles. The molecule has 1 atom stereocenters. The van der Waals surface area contributed by atoms with Gasteiger partial charge in [0, 0.05) is 12.6 Å². The minimum Gasteiger partial charge on any atom is -0.493 e.